The Morgan fingerprint density at radius 1 is 1.44 bits per heavy atom. The van der Waals surface area contributed by atoms with Crippen LogP contribution in [0.4, 0.5) is 0 Å². The molecule has 1 atom stereocenters. The molecule has 18 heavy (non-hydrogen) atoms. The Hall–Kier alpha value is -0.940. The first kappa shape index (κ1) is 13.5. The molecule has 1 aromatic rings. The minimum absolute atomic E-state index is 0.175. The van der Waals surface area contributed by atoms with E-state index in [1.165, 1.54) is 25.7 Å². The van der Waals surface area contributed by atoms with Crippen molar-refractivity contribution in [3.05, 3.63) is 12.2 Å². The highest BCUT2D eigenvalue weighted by Crippen LogP contribution is 2.42. The highest BCUT2D eigenvalue weighted by Gasteiger charge is 2.45. The molecule has 2 rings (SSSR count). The smallest absolute Gasteiger partial charge is 0.145 e. The van der Waals surface area contributed by atoms with Gasteiger partial charge in [-0.05, 0) is 40.9 Å². The average molecular weight is 251 g/mol. The van der Waals surface area contributed by atoms with Gasteiger partial charge in [-0.3, -0.25) is 0 Å². The number of aryl methyl sites for hydroxylation is 1. The summed E-state index contributed by atoms with van der Waals surface area (Å²) in [4.78, 5) is 6.86. The van der Waals surface area contributed by atoms with Crippen LogP contribution in [-0.2, 0) is 6.54 Å². The van der Waals surface area contributed by atoms with E-state index in [-0.39, 0.29) is 11.6 Å². The van der Waals surface area contributed by atoms with Crippen LogP contribution in [0.15, 0.2) is 6.33 Å². The summed E-state index contributed by atoms with van der Waals surface area (Å²) >= 11 is 0. The highest BCUT2D eigenvalue weighted by atomic mass is 15.4. The molecule has 1 N–H and O–H groups in total. The van der Waals surface area contributed by atoms with Gasteiger partial charge < -0.3 is 10.2 Å². The van der Waals surface area contributed by atoms with E-state index in [0.717, 1.165) is 12.4 Å². The molecule has 102 valence electrons. The molecule has 1 heterocycles. The summed E-state index contributed by atoms with van der Waals surface area (Å²) in [6.07, 6.45) is 6.72. The lowest BCUT2D eigenvalue weighted by atomic mass is 9.86. The topological polar surface area (TPSA) is 46.0 Å². The molecule has 0 spiro atoms. The molecule has 0 amide bonds. The van der Waals surface area contributed by atoms with Crippen LogP contribution in [0.1, 0.15) is 44.5 Å². The summed E-state index contributed by atoms with van der Waals surface area (Å²) < 4.78 is 2.00. The lowest BCUT2D eigenvalue weighted by Crippen LogP contribution is -2.52. The third kappa shape index (κ3) is 2.06. The number of aromatic nitrogens is 3. The van der Waals surface area contributed by atoms with Gasteiger partial charge in [-0.25, -0.2) is 9.67 Å². The molecule has 0 aromatic carbocycles. The van der Waals surface area contributed by atoms with Crippen LogP contribution in [-0.4, -0.2) is 46.3 Å². The predicted molar refractivity (Wildman–Crippen MR) is 72.4 cm³/mol. The first-order valence-electron chi connectivity index (χ1n) is 6.88. The fourth-order valence-electron chi connectivity index (χ4n) is 3.36. The van der Waals surface area contributed by atoms with E-state index in [1.807, 2.05) is 11.7 Å². The van der Waals surface area contributed by atoms with Gasteiger partial charge in [0.05, 0.1) is 6.04 Å². The first-order chi connectivity index (χ1) is 8.65. The Balaban J connectivity index is 2.37. The van der Waals surface area contributed by atoms with Crippen molar-refractivity contribution in [2.75, 3.05) is 21.1 Å². The number of hydrogen-bond acceptors (Lipinski definition) is 4. The molecular weight excluding hydrogens is 226 g/mol. The van der Waals surface area contributed by atoms with Crippen LogP contribution in [0.25, 0.3) is 0 Å². The van der Waals surface area contributed by atoms with Gasteiger partial charge in [0.15, 0.2) is 0 Å². The minimum Gasteiger partial charge on any atom is -0.309 e. The molecule has 5 heteroatoms. The van der Waals surface area contributed by atoms with Crippen molar-refractivity contribution in [3.63, 3.8) is 0 Å². The van der Waals surface area contributed by atoms with E-state index in [1.54, 1.807) is 6.33 Å². The lowest BCUT2D eigenvalue weighted by molar-refractivity contribution is 0.102. The number of hydrogen-bond donors (Lipinski definition) is 1. The van der Waals surface area contributed by atoms with Crippen LogP contribution >= 0.6 is 0 Å². The number of likely N-dealkylation sites (N-methyl/N-ethyl adjacent to an activating group) is 2. The molecular formula is C13H25N5. The van der Waals surface area contributed by atoms with E-state index < -0.39 is 0 Å². The van der Waals surface area contributed by atoms with Crippen molar-refractivity contribution >= 4 is 0 Å². The van der Waals surface area contributed by atoms with Crippen LogP contribution in [0, 0.1) is 0 Å². The van der Waals surface area contributed by atoms with Gasteiger partial charge in [-0.2, -0.15) is 5.10 Å². The van der Waals surface area contributed by atoms with E-state index in [9.17, 15) is 0 Å². The molecule has 1 aliphatic rings. The van der Waals surface area contributed by atoms with Gasteiger partial charge in [-0.1, -0.05) is 12.8 Å². The second kappa shape index (κ2) is 5.36. The Kier molecular flexibility index (Phi) is 4.02. The zero-order valence-corrected chi connectivity index (χ0v) is 12.0. The summed E-state index contributed by atoms with van der Waals surface area (Å²) in [5.74, 6) is 1.07. The fourth-order valence-corrected chi connectivity index (χ4v) is 3.36. The Morgan fingerprint density at radius 3 is 2.61 bits per heavy atom. The molecule has 0 saturated heterocycles. The zero-order chi connectivity index (χ0) is 13.2. The lowest BCUT2D eigenvalue weighted by Gasteiger charge is -2.42. The molecule has 1 unspecified atom stereocenters. The molecule has 0 bridgehead atoms. The largest absolute Gasteiger partial charge is 0.309 e. The maximum Gasteiger partial charge on any atom is 0.145 e. The number of nitrogens with one attached hydrogen (secondary N) is 1. The summed E-state index contributed by atoms with van der Waals surface area (Å²) in [5, 5.41) is 7.79. The van der Waals surface area contributed by atoms with Gasteiger partial charge in [-0.15, -0.1) is 0 Å². The molecule has 1 aromatic heterocycles. The van der Waals surface area contributed by atoms with Gasteiger partial charge in [0.2, 0.25) is 0 Å². The Bertz CT molecular complexity index is 378. The van der Waals surface area contributed by atoms with Gasteiger partial charge in [0, 0.05) is 12.1 Å². The minimum atomic E-state index is 0.175. The number of nitrogens with zero attached hydrogens (tertiary/aromatic N) is 4. The molecule has 5 nitrogen and oxygen atoms in total. The summed E-state index contributed by atoms with van der Waals surface area (Å²) in [5.41, 5.74) is 0.175. The van der Waals surface area contributed by atoms with Crippen LogP contribution < -0.4 is 5.32 Å². The van der Waals surface area contributed by atoms with E-state index in [0.29, 0.717) is 0 Å². The van der Waals surface area contributed by atoms with Gasteiger partial charge >= 0.3 is 0 Å². The quantitative estimate of drug-likeness (QED) is 0.860. The maximum atomic E-state index is 4.49. The van der Waals surface area contributed by atoms with Crippen molar-refractivity contribution in [3.8, 4) is 0 Å². The Labute approximate surface area is 110 Å². The van der Waals surface area contributed by atoms with Crippen molar-refractivity contribution < 1.29 is 0 Å². The molecule has 0 aliphatic heterocycles. The predicted octanol–water partition coefficient (Wildman–Crippen LogP) is 1.43. The van der Waals surface area contributed by atoms with Crippen molar-refractivity contribution in [2.45, 2.75) is 50.7 Å². The summed E-state index contributed by atoms with van der Waals surface area (Å²) in [6.45, 7) is 2.99. The average Bonchev–Trinajstić information content (AvgIpc) is 2.99. The molecule has 1 fully saturated rings. The standard InChI is InChI=1S/C13H25N5/c1-5-18-12(15-10-16-18)11(14-2)13(17(3)4)8-6-7-9-13/h10-11,14H,5-9H2,1-4H3. The maximum absolute atomic E-state index is 4.49. The van der Waals surface area contributed by atoms with E-state index >= 15 is 0 Å². The zero-order valence-electron chi connectivity index (χ0n) is 12.0. The van der Waals surface area contributed by atoms with Crippen molar-refractivity contribution in [1.82, 2.24) is 25.0 Å². The summed E-state index contributed by atoms with van der Waals surface area (Å²) in [6, 6.07) is 0.248. The Morgan fingerprint density at radius 2 is 2.11 bits per heavy atom. The SMILES string of the molecule is CCn1ncnc1C(NC)C1(N(C)C)CCCC1. The first-order valence-corrected chi connectivity index (χ1v) is 6.88. The van der Waals surface area contributed by atoms with Crippen molar-refractivity contribution in [1.29, 1.82) is 0 Å². The third-order valence-electron chi connectivity index (χ3n) is 4.39. The second-order valence-electron chi connectivity index (χ2n) is 5.36. The van der Waals surface area contributed by atoms with Crippen LogP contribution in [0.2, 0.25) is 0 Å². The molecule has 1 saturated carbocycles. The second-order valence-corrected chi connectivity index (χ2v) is 5.36. The monoisotopic (exact) mass is 251 g/mol. The fraction of sp³-hybridized carbons (Fsp3) is 0.846. The summed E-state index contributed by atoms with van der Waals surface area (Å²) in [7, 11) is 6.40. The van der Waals surface area contributed by atoms with E-state index in [2.05, 4.69) is 41.3 Å². The highest BCUT2D eigenvalue weighted by molar-refractivity contribution is 5.10. The van der Waals surface area contributed by atoms with Crippen molar-refractivity contribution in [2.24, 2.45) is 0 Å². The normalized spacial score (nSPS) is 20.5. The molecule has 0 radical (unpaired) electrons. The van der Waals surface area contributed by atoms with Crippen LogP contribution in [0.3, 0.4) is 0 Å². The number of rotatable bonds is 5. The molecule has 1 aliphatic carbocycles. The van der Waals surface area contributed by atoms with Gasteiger partial charge in [0.1, 0.15) is 12.2 Å². The third-order valence-corrected chi connectivity index (χ3v) is 4.39. The van der Waals surface area contributed by atoms with Crippen LogP contribution in [0.5, 0.6) is 0 Å². The van der Waals surface area contributed by atoms with Gasteiger partial charge in [0.25, 0.3) is 0 Å². The van der Waals surface area contributed by atoms with E-state index in [4.69, 9.17) is 0 Å².